The highest BCUT2D eigenvalue weighted by Crippen LogP contribution is 2.34. The van der Waals surface area contributed by atoms with Gasteiger partial charge in [-0.05, 0) is 56.4 Å². The van der Waals surface area contributed by atoms with Gasteiger partial charge in [0.1, 0.15) is 0 Å². The lowest BCUT2D eigenvalue weighted by molar-refractivity contribution is -0.185. The number of halogens is 3. The van der Waals surface area contributed by atoms with Crippen molar-refractivity contribution >= 4 is 0 Å². The van der Waals surface area contributed by atoms with E-state index >= 15 is 0 Å². The van der Waals surface area contributed by atoms with Gasteiger partial charge in [0.15, 0.2) is 0 Å². The van der Waals surface area contributed by atoms with Crippen molar-refractivity contribution in [2.24, 2.45) is 11.7 Å². The first-order valence-electron chi connectivity index (χ1n) is 7.56. The van der Waals surface area contributed by atoms with Crippen LogP contribution in [0.4, 0.5) is 13.2 Å². The lowest BCUT2D eigenvalue weighted by atomic mass is 9.96. The molecular formula is C16H23F3N2. The molecule has 1 aliphatic rings. The molecule has 1 aromatic carbocycles. The fourth-order valence-corrected chi connectivity index (χ4v) is 2.88. The molecule has 2 nitrogen and oxygen atoms in total. The van der Waals surface area contributed by atoms with Gasteiger partial charge in [-0.15, -0.1) is 0 Å². The molecular weight excluding hydrogens is 277 g/mol. The number of benzene rings is 1. The molecule has 1 saturated heterocycles. The number of nitrogens with two attached hydrogens (primary N) is 1. The molecule has 0 amide bonds. The maximum Gasteiger partial charge on any atom is 0.391 e. The van der Waals surface area contributed by atoms with Crippen molar-refractivity contribution in [1.82, 2.24) is 4.90 Å². The minimum absolute atomic E-state index is 0.233. The molecule has 5 heteroatoms. The second-order valence-corrected chi connectivity index (χ2v) is 5.77. The molecule has 2 N–H and O–H groups in total. The molecule has 1 aliphatic heterocycles. The zero-order valence-corrected chi connectivity index (χ0v) is 12.2. The molecule has 1 heterocycles. The van der Waals surface area contributed by atoms with Crippen LogP contribution < -0.4 is 5.73 Å². The van der Waals surface area contributed by atoms with Gasteiger partial charge in [-0.3, -0.25) is 0 Å². The highest BCUT2D eigenvalue weighted by Gasteiger charge is 2.40. The molecule has 0 aromatic heterocycles. The van der Waals surface area contributed by atoms with Gasteiger partial charge in [-0.1, -0.05) is 24.3 Å². The molecule has 118 valence electrons. The normalized spacial score (nSPS) is 18.1. The summed E-state index contributed by atoms with van der Waals surface area (Å²) in [5.41, 5.74) is 8.01. The van der Waals surface area contributed by atoms with Crippen LogP contribution in [0.2, 0.25) is 0 Å². The second-order valence-electron chi connectivity index (χ2n) is 5.77. The SMILES string of the molecule is NCCc1cccc(CCN2CCC(C(F)(F)F)CC2)c1. The summed E-state index contributed by atoms with van der Waals surface area (Å²) in [7, 11) is 0. The van der Waals surface area contributed by atoms with Crippen LogP contribution in [0.1, 0.15) is 24.0 Å². The number of alkyl halides is 3. The van der Waals surface area contributed by atoms with E-state index in [4.69, 9.17) is 5.73 Å². The summed E-state index contributed by atoms with van der Waals surface area (Å²) in [5.74, 6) is -1.11. The Hall–Kier alpha value is -1.07. The zero-order valence-electron chi connectivity index (χ0n) is 12.2. The summed E-state index contributed by atoms with van der Waals surface area (Å²) in [6, 6.07) is 8.30. The van der Waals surface area contributed by atoms with E-state index in [2.05, 4.69) is 23.1 Å². The van der Waals surface area contributed by atoms with Crippen LogP contribution >= 0.6 is 0 Å². The Morgan fingerprint density at radius 2 is 1.71 bits per heavy atom. The molecule has 0 saturated carbocycles. The molecule has 0 bridgehead atoms. The van der Waals surface area contributed by atoms with E-state index < -0.39 is 12.1 Å². The number of nitrogens with zero attached hydrogens (tertiary/aromatic N) is 1. The van der Waals surface area contributed by atoms with E-state index in [1.54, 1.807) is 0 Å². The topological polar surface area (TPSA) is 29.3 Å². The monoisotopic (exact) mass is 300 g/mol. The molecule has 1 fully saturated rings. The quantitative estimate of drug-likeness (QED) is 0.906. The van der Waals surface area contributed by atoms with Crippen molar-refractivity contribution in [2.75, 3.05) is 26.2 Å². The third-order valence-corrected chi connectivity index (χ3v) is 4.19. The van der Waals surface area contributed by atoms with Gasteiger partial charge < -0.3 is 10.6 Å². The molecule has 0 spiro atoms. The summed E-state index contributed by atoms with van der Waals surface area (Å²) in [6.07, 6.45) is -1.81. The molecule has 1 aromatic rings. The van der Waals surface area contributed by atoms with Crippen molar-refractivity contribution in [3.05, 3.63) is 35.4 Å². The van der Waals surface area contributed by atoms with Gasteiger partial charge >= 0.3 is 6.18 Å². The standard InChI is InChI=1S/C16H23F3N2/c17-16(18,19)15-6-10-21(11-7-15)9-5-14-3-1-2-13(12-14)4-8-20/h1-3,12,15H,4-11,20H2. The molecule has 0 aliphatic carbocycles. The highest BCUT2D eigenvalue weighted by atomic mass is 19.4. The first-order chi connectivity index (χ1) is 9.99. The van der Waals surface area contributed by atoms with Crippen LogP contribution in [0.25, 0.3) is 0 Å². The predicted molar refractivity (Wildman–Crippen MR) is 78.1 cm³/mol. The van der Waals surface area contributed by atoms with Crippen LogP contribution in [0, 0.1) is 5.92 Å². The van der Waals surface area contributed by atoms with E-state index in [1.165, 1.54) is 11.1 Å². The van der Waals surface area contributed by atoms with E-state index in [0.29, 0.717) is 19.6 Å². The molecule has 0 radical (unpaired) electrons. The van der Waals surface area contributed by atoms with Crippen molar-refractivity contribution in [1.29, 1.82) is 0 Å². The lowest BCUT2D eigenvalue weighted by Crippen LogP contribution is -2.39. The van der Waals surface area contributed by atoms with Crippen molar-refractivity contribution in [3.63, 3.8) is 0 Å². The van der Waals surface area contributed by atoms with Gasteiger partial charge in [0.05, 0.1) is 5.92 Å². The Balaban J connectivity index is 1.78. The summed E-state index contributed by atoms with van der Waals surface area (Å²) in [6.45, 7) is 2.56. The molecule has 0 unspecified atom stereocenters. The predicted octanol–water partition coefficient (Wildman–Crippen LogP) is 3.00. The van der Waals surface area contributed by atoms with Crippen LogP contribution in [0.5, 0.6) is 0 Å². The van der Waals surface area contributed by atoms with E-state index in [9.17, 15) is 13.2 Å². The third kappa shape index (κ3) is 5.00. The minimum atomic E-state index is -4.03. The molecule has 2 rings (SSSR count). The van der Waals surface area contributed by atoms with Crippen LogP contribution in [-0.2, 0) is 12.8 Å². The Morgan fingerprint density at radius 1 is 1.10 bits per heavy atom. The summed E-state index contributed by atoms with van der Waals surface area (Å²) in [5, 5.41) is 0. The summed E-state index contributed by atoms with van der Waals surface area (Å²) < 4.78 is 37.8. The van der Waals surface area contributed by atoms with Gasteiger partial charge in [0.25, 0.3) is 0 Å². The Bertz CT molecular complexity index is 437. The number of likely N-dealkylation sites (tertiary alicyclic amines) is 1. The highest BCUT2D eigenvalue weighted by molar-refractivity contribution is 5.24. The fraction of sp³-hybridized carbons (Fsp3) is 0.625. The van der Waals surface area contributed by atoms with E-state index in [1.807, 2.05) is 6.07 Å². The minimum Gasteiger partial charge on any atom is -0.330 e. The Morgan fingerprint density at radius 3 is 2.29 bits per heavy atom. The van der Waals surface area contributed by atoms with Gasteiger partial charge in [-0.25, -0.2) is 0 Å². The first-order valence-corrected chi connectivity index (χ1v) is 7.56. The smallest absolute Gasteiger partial charge is 0.330 e. The lowest BCUT2D eigenvalue weighted by Gasteiger charge is -2.32. The second kappa shape index (κ2) is 7.27. The van der Waals surface area contributed by atoms with Crippen LogP contribution in [-0.4, -0.2) is 37.3 Å². The summed E-state index contributed by atoms with van der Waals surface area (Å²) >= 11 is 0. The number of piperidine rings is 1. The molecule has 0 atom stereocenters. The third-order valence-electron chi connectivity index (χ3n) is 4.19. The zero-order chi connectivity index (χ0) is 15.3. The maximum absolute atomic E-state index is 12.6. The van der Waals surface area contributed by atoms with E-state index in [-0.39, 0.29) is 12.8 Å². The summed E-state index contributed by atoms with van der Waals surface area (Å²) in [4.78, 5) is 2.14. The van der Waals surface area contributed by atoms with Crippen molar-refractivity contribution < 1.29 is 13.2 Å². The first kappa shape index (κ1) is 16.3. The van der Waals surface area contributed by atoms with E-state index in [0.717, 1.165) is 19.4 Å². The fourth-order valence-electron chi connectivity index (χ4n) is 2.88. The van der Waals surface area contributed by atoms with Crippen LogP contribution in [0.15, 0.2) is 24.3 Å². The van der Waals surface area contributed by atoms with Gasteiger partial charge in [0, 0.05) is 6.54 Å². The Kier molecular flexibility index (Phi) is 5.65. The number of rotatable bonds is 5. The average molecular weight is 300 g/mol. The van der Waals surface area contributed by atoms with Crippen molar-refractivity contribution in [3.8, 4) is 0 Å². The van der Waals surface area contributed by atoms with Crippen molar-refractivity contribution in [2.45, 2.75) is 31.9 Å². The Labute approximate surface area is 124 Å². The van der Waals surface area contributed by atoms with Crippen LogP contribution in [0.3, 0.4) is 0 Å². The molecule has 21 heavy (non-hydrogen) atoms. The number of hydrogen-bond acceptors (Lipinski definition) is 2. The largest absolute Gasteiger partial charge is 0.391 e. The van der Waals surface area contributed by atoms with Gasteiger partial charge in [0.2, 0.25) is 0 Å². The maximum atomic E-state index is 12.6. The average Bonchev–Trinajstić information content (AvgIpc) is 2.45. The number of hydrogen-bond donors (Lipinski definition) is 1. The van der Waals surface area contributed by atoms with Gasteiger partial charge in [-0.2, -0.15) is 13.2 Å².